The van der Waals surface area contributed by atoms with Crippen LogP contribution in [0.4, 0.5) is 0 Å². The molecule has 5 nitrogen and oxygen atoms in total. The van der Waals surface area contributed by atoms with Gasteiger partial charge in [0.2, 0.25) is 0 Å². The topological polar surface area (TPSA) is 56.3 Å². The van der Waals surface area contributed by atoms with Crippen LogP contribution in [0.5, 0.6) is 5.75 Å². The van der Waals surface area contributed by atoms with Crippen LogP contribution < -0.4 is 10.5 Å². The van der Waals surface area contributed by atoms with E-state index in [-0.39, 0.29) is 6.04 Å². The minimum Gasteiger partial charge on any atom is -0.493 e. The van der Waals surface area contributed by atoms with E-state index in [1.54, 1.807) is 13.3 Å². The van der Waals surface area contributed by atoms with E-state index in [1.807, 2.05) is 18.8 Å². The maximum absolute atomic E-state index is 6.23. The summed E-state index contributed by atoms with van der Waals surface area (Å²) in [5.74, 6) is 0.796. The molecule has 0 aliphatic carbocycles. The van der Waals surface area contributed by atoms with Crippen molar-refractivity contribution in [3.05, 3.63) is 11.9 Å². The average Bonchev–Trinajstić information content (AvgIpc) is 2.69. The van der Waals surface area contributed by atoms with Crippen LogP contribution in [0, 0.1) is 0 Å². The van der Waals surface area contributed by atoms with Crippen molar-refractivity contribution in [2.45, 2.75) is 32.4 Å². The van der Waals surface area contributed by atoms with Gasteiger partial charge in [-0.25, -0.2) is 0 Å². The molecule has 0 aliphatic heterocycles. The Bertz CT molecular complexity index is 335. The molecule has 0 aromatic carbocycles. The lowest BCUT2D eigenvalue weighted by Crippen LogP contribution is -2.23. The van der Waals surface area contributed by atoms with Gasteiger partial charge in [0.1, 0.15) is 0 Å². The molecule has 0 saturated carbocycles. The van der Waals surface area contributed by atoms with Crippen LogP contribution in [0.3, 0.4) is 0 Å². The molecule has 2 N–H and O–H groups in total. The second-order valence-corrected chi connectivity index (χ2v) is 4.52. The van der Waals surface area contributed by atoms with E-state index in [4.69, 9.17) is 10.5 Å². The molecule has 0 spiro atoms. The molecular formula is C12H24N4O. The number of nitrogens with zero attached hydrogens (tertiary/aromatic N) is 3. The number of aromatic nitrogens is 2. The van der Waals surface area contributed by atoms with E-state index in [0.29, 0.717) is 0 Å². The monoisotopic (exact) mass is 240 g/mol. The maximum atomic E-state index is 6.23. The Morgan fingerprint density at radius 2 is 2.24 bits per heavy atom. The van der Waals surface area contributed by atoms with Gasteiger partial charge in [-0.15, -0.1) is 0 Å². The maximum Gasteiger partial charge on any atom is 0.161 e. The Morgan fingerprint density at radius 3 is 2.76 bits per heavy atom. The van der Waals surface area contributed by atoms with E-state index in [0.717, 1.165) is 37.4 Å². The molecule has 0 saturated heterocycles. The summed E-state index contributed by atoms with van der Waals surface area (Å²) in [6.45, 7) is 3.97. The first-order valence-electron chi connectivity index (χ1n) is 6.10. The van der Waals surface area contributed by atoms with Crippen LogP contribution in [0.15, 0.2) is 6.20 Å². The number of hydrogen-bond acceptors (Lipinski definition) is 4. The van der Waals surface area contributed by atoms with Crippen LogP contribution in [0.2, 0.25) is 0 Å². The van der Waals surface area contributed by atoms with Crippen LogP contribution in [0.25, 0.3) is 0 Å². The summed E-state index contributed by atoms with van der Waals surface area (Å²) in [6, 6.07) is -0.0265. The van der Waals surface area contributed by atoms with Gasteiger partial charge in [0, 0.05) is 6.54 Å². The fourth-order valence-electron chi connectivity index (χ4n) is 1.83. The van der Waals surface area contributed by atoms with E-state index in [2.05, 4.69) is 16.9 Å². The van der Waals surface area contributed by atoms with Crippen molar-refractivity contribution in [2.75, 3.05) is 27.7 Å². The van der Waals surface area contributed by atoms with Gasteiger partial charge in [-0.1, -0.05) is 6.92 Å². The normalized spacial score (nSPS) is 13.1. The second-order valence-electron chi connectivity index (χ2n) is 4.52. The van der Waals surface area contributed by atoms with Crippen LogP contribution in [0.1, 0.15) is 31.5 Å². The van der Waals surface area contributed by atoms with Gasteiger partial charge in [-0.2, -0.15) is 5.10 Å². The molecule has 1 aromatic rings. The Morgan fingerprint density at radius 1 is 1.53 bits per heavy atom. The molecule has 0 radical (unpaired) electrons. The Labute approximate surface area is 104 Å². The molecule has 1 heterocycles. The third-order valence-electron chi connectivity index (χ3n) is 2.74. The highest BCUT2D eigenvalue weighted by Gasteiger charge is 2.18. The SMILES string of the molecule is CCCn1ncc(OC)c1C(N)CCN(C)C. The molecular weight excluding hydrogens is 216 g/mol. The lowest BCUT2D eigenvalue weighted by molar-refractivity contribution is 0.363. The summed E-state index contributed by atoms with van der Waals surface area (Å²) in [4.78, 5) is 2.13. The van der Waals surface area contributed by atoms with Gasteiger partial charge in [-0.05, 0) is 33.5 Å². The molecule has 1 unspecified atom stereocenters. The molecule has 1 atom stereocenters. The van der Waals surface area contributed by atoms with E-state index >= 15 is 0 Å². The van der Waals surface area contributed by atoms with E-state index < -0.39 is 0 Å². The minimum atomic E-state index is -0.0265. The largest absolute Gasteiger partial charge is 0.493 e. The van der Waals surface area contributed by atoms with Gasteiger partial charge >= 0.3 is 0 Å². The van der Waals surface area contributed by atoms with Crippen molar-refractivity contribution in [3.8, 4) is 5.75 Å². The summed E-state index contributed by atoms with van der Waals surface area (Å²) in [5.41, 5.74) is 7.24. The van der Waals surface area contributed by atoms with Crippen LogP contribution in [-0.4, -0.2) is 42.4 Å². The highest BCUT2D eigenvalue weighted by molar-refractivity contribution is 5.28. The number of aryl methyl sites for hydroxylation is 1. The number of nitrogens with two attached hydrogens (primary N) is 1. The fraction of sp³-hybridized carbons (Fsp3) is 0.750. The lowest BCUT2D eigenvalue weighted by atomic mass is 10.1. The van der Waals surface area contributed by atoms with Gasteiger partial charge in [0.15, 0.2) is 5.75 Å². The predicted molar refractivity (Wildman–Crippen MR) is 69.2 cm³/mol. The third kappa shape index (κ3) is 3.71. The van der Waals surface area contributed by atoms with E-state index in [1.165, 1.54) is 0 Å². The number of rotatable bonds is 7. The zero-order valence-corrected chi connectivity index (χ0v) is 11.3. The molecule has 17 heavy (non-hydrogen) atoms. The minimum absolute atomic E-state index is 0.0265. The number of ether oxygens (including phenoxy) is 1. The van der Waals surface area contributed by atoms with Crippen LogP contribution >= 0.6 is 0 Å². The summed E-state index contributed by atoms with van der Waals surface area (Å²) < 4.78 is 7.28. The summed E-state index contributed by atoms with van der Waals surface area (Å²) in [7, 11) is 5.76. The molecule has 0 aliphatic rings. The molecule has 1 rings (SSSR count). The zero-order chi connectivity index (χ0) is 12.8. The quantitative estimate of drug-likeness (QED) is 0.779. The Kier molecular flexibility index (Phi) is 5.44. The van der Waals surface area contributed by atoms with Crippen molar-refractivity contribution in [2.24, 2.45) is 5.73 Å². The standard InChI is InChI=1S/C12H24N4O/c1-5-7-16-12(11(17-4)9-14-16)10(13)6-8-15(2)3/h9-10H,5-8,13H2,1-4H3. The summed E-state index contributed by atoms with van der Waals surface area (Å²) >= 11 is 0. The molecule has 0 amide bonds. The summed E-state index contributed by atoms with van der Waals surface area (Å²) in [5, 5.41) is 4.32. The average molecular weight is 240 g/mol. The van der Waals surface area contributed by atoms with Crippen molar-refractivity contribution >= 4 is 0 Å². The molecule has 98 valence electrons. The zero-order valence-electron chi connectivity index (χ0n) is 11.3. The highest BCUT2D eigenvalue weighted by Crippen LogP contribution is 2.25. The predicted octanol–water partition coefficient (Wildman–Crippen LogP) is 1.25. The third-order valence-corrected chi connectivity index (χ3v) is 2.74. The van der Waals surface area contributed by atoms with Crippen molar-refractivity contribution in [3.63, 3.8) is 0 Å². The van der Waals surface area contributed by atoms with Crippen molar-refractivity contribution in [1.82, 2.24) is 14.7 Å². The van der Waals surface area contributed by atoms with E-state index in [9.17, 15) is 0 Å². The highest BCUT2D eigenvalue weighted by atomic mass is 16.5. The first kappa shape index (κ1) is 14.0. The first-order chi connectivity index (χ1) is 8.10. The Balaban J connectivity index is 2.80. The second kappa shape index (κ2) is 6.61. The van der Waals surface area contributed by atoms with Gasteiger partial charge in [0.05, 0.1) is 25.0 Å². The molecule has 0 bridgehead atoms. The van der Waals surface area contributed by atoms with Gasteiger partial charge < -0.3 is 15.4 Å². The molecule has 5 heteroatoms. The number of hydrogen-bond donors (Lipinski definition) is 1. The van der Waals surface area contributed by atoms with Crippen molar-refractivity contribution < 1.29 is 4.74 Å². The lowest BCUT2D eigenvalue weighted by Gasteiger charge is -2.17. The van der Waals surface area contributed by atoms with Gasteiger partial charge in [0.25, 0.3) is 0 Å². The van der Waals surface area contributed by atoms with Crippen molar-refractivity contribution in [1.29, 1.82) is 0 Å². The number of methoxy groups -OCH3 is 1. The molecule has 0 fully saturated rings. The first-order valence-corrected chi connectivity index (χ1v) is 6.10. The van der Waals surface area contributed by atoms with Crippen LogP contribution in [-0.2, 0) is 6.54 Å². The fourth-order valence-corrected chi connectivity index (χ4v) is 1.83. The Hall–Kier alpha value is -1.07. The molecule has 1 aromatic heterocycles. The summed E-state index contributed by atoms with van der Waals surface area (Å²) in [6.07, 6.45) is 3.69. The smallest absolute Gasteiger partial charge is 0.161 e. The van der Waals surface area contributed by atoms with Gasteiger partial charge in [-0.3, -0.25) is 4.68 Å².